The molecule has 6 nitrogen and oxygen atoms in total. The lowest BCUT2D eigenvalue weighted by Gasteiger charge is -2.09. The number of aromatic amines is 1. The molecule has 0 saturated carbocycles. The van der Waals surface area contributed by atoms with Crippen molar-refractivity contribution in [1.82, 2.24) is 14.5 Å². The van der Waals surface area contributed by atoms with Gasteiger partial charge in [-0.05, 0) is 53.9 Å². The summed E-state index contributed by atoms with van der Waals surface area (Å²) in [5.41, 5.74) is 12.5. The summed E-state index contributed by atoms with van der Waals surface area (Å²) in [6.07, 6.45) is 2.82. The van der Waals surface area contributed by atoms with E-state index in [1.807, 2.05) is 91.1 Å². The van der Waals surface area contributed by atoms with E-state index >= 15 is 0 Å². The van der Waals surface area contributed by atoms with Gasteiger partial charge in [0.05, 0.1) is 16.6 Å². The first-order valence-electron chi connectivity index (χ1n) is 12.8. The Bertz CT molecular complexity index is 1770. The van der Waals surface area contributed by atoms with E-state index in [9.17, 15) is 4.79 Å². The fourth-order valence-corrected chi connectivity index (χ4v) is 4.82. The van der Waals surface area contributed by atoms with Gasteiger partial charge < -0.3 is 20.0 Å². The van der Waals surface area contributed by atoms with Crippen LogP contribution in [0.1, 0.15) is 12.0 Å². The molecule has 4 aromatic carbocycles. The Labute approximate surface area is 220 Å². The van der Waals surface area contributed by atoms with Crippen molar-refractivity contribution in [1.29, 1.82) is 0 Å². The van der Waals surface area contributed by atoms with E-state index in [1.165, 1.54) is 0 Å². The van der Waals surface area contributed by atoms with E-state index in [2.05, 4.69) is 21.7 Å². The van der Waals surface area contributed by atoms with Crippen LogP contribution in [-0.2, 0) is 13.2 Å². The van der Waals surface area contributed by atoms with Gasteiger partial charge in [-0.2, -0.15) is 0 Å². The molecule has 0 atom stereocenters. The van der Waals surface area contributed by atoms with Crippen molar-refractivity contribution in [2.75, 3.05) is 6.54 Å². The maximum atomic E-state index is 13.3. The summed E-state index contributed by atoms with van der Waals surface area (Å²) in [7, 11) is 0. The van der Waals surface area contributed by atoms with Crippen LogP contribution >= 0.6 is 0 Å². The van der Waals surface area contributed by atoms with Crippen molar-refractivity contribution in [3.63, 3.8) is 0 Å². The highest BCUT2D eigenvalue weighted by atomic mass is 16.5. The summed E-state index contributed by atoms with van der Waals surface area (Å²) >= 11 is 0. The molecule has 0 aliphatic rings. The third kappa shape index (κ3) is 4.69. The average Bonchev–Trinajstić information content (AvgIpc) is 3.32. The lowest BCUT2D eigenvalue weighted by atomic mass is 10.0. The van der Waals surface area contributed by atoms with E-state index in [0.29, 0.717) is 24.4 Å². The summed E-state index contributed by atoms with van der Waals surface area (Å²) in [4.78, 5) is 21.2. The Kier molecular flexibility index (Phi) is 6.46. The highest BCUT2D eigenvalue weighted by Crippen LogP contribution is 2.32. The summed E-state index contributed by atoms with van der Waals surface area (Å²) in [6.45, 7) is 1.80. The molecule has 0 unspecified atom stereocenters. The van der Waals surface area contributed by atoms with Gasteiger partial charge in [0.1, 0.15) is 18.1 Å². The number of rotatable bonds is 8. The quantitative estimate of drug-likeness (QED) is 0.263. The van der Waals surface area contributed by atoms with Gasteiger partial charge in [0.15, 0.2) is 0 Å². The van der Waals surface area contributed by atoms with Gasteiger partial charge in [-0.25, -0.2) is 4.98 Å². The number of H-pyrrole nitrogens is 1. The molecule has 0 aliphatic heterocycles. The molecule has 0 spiro atoms. The first-order valence-corrected chi connectivity index (χ1v) is 12.8. The summed E-state index contributed by atoms with van der Waals surface area (Å²) < 4.78 is 8.22. The largest absolute Gasteiger partial charge is 0.489 e. The number of benzene rings is 4. The first-order chi connectivity index (χ1) is 18.7. The highest BCUT2D eigenvalue weighted by Gasteiger charge is 2.16. The Balaban J connectivity index is 1.39. The molecule has 3 N–H and O–H groups in total. The number of aryl methyl sites for hydroxylation is 1. The zero-order valence-corrected chi connectivity index (χ0v) is 20.9. The second kappa shape index (κ2) is 10.4. The lowest BCUT2D eigenvalue weighted by molar-refractivity contribution is 0.306. The SMILES string of the molecule is NCCCn1cc(-c2nc3ccc(-c4ccccc4)cc3[nH]c2=O)c2ccc(OCc3ccccc3)cc21. The van der Waals surface area contributed by atoms with Crippen LogP contribution in [0.4, 0.5) is 0 Å². The smallest absolute Gasteiger partial charge is 0.275 e. The standard InChI is InChI=1S/C32H28N4O2/c33-16-7-17-36-20-27(26-14-13-25(19-30(26)36)38-21-22-8-3-1-4-9-22)31-32(37)35-29-18-24(12-15-28(29)34-31)23-10-5-2-6-11-23/h1-6,8-15,18-20H,7,16-17,21,33H2,(H,35,37). The highest BCUT2D eigenvalue weighted by molar-refractivity contribution is 5.96. The molecule has 0 amide bonds. The van der Waals surface area contributed by atoms with Crippen molar-refractivity contribution in [3.05, 3.63) is 119 Å². The molecule has 0 bridgehead atoms. The molecular formula is C32H28N4O2. The van der Waals surface area contributed by atoms with Crippen LogP contribution in [0.5, 0.6) is 5.75 Å². The zero-order valence-electron chi connectivity index (χ0n) is 20.9. The van der Waals surface area contributed by atoms with Crippen molar-refractivity contribution < 1.29 is 4.74 Å². The molecule has 6 rings (SSSR count). The molecule has 2 aromatic heterocycles. The van der Waals surface area contributed by atoms with E-state index in [1.54, 1.807) is 0 Å². The maximum absolute atomic E-state index is 13.3. The predicted octanol–water partition coefficient (Wildman–Crippen LogP) is 6.14. The van der Waals surface area contributed by atoms with Gasteiger partial charge in [0, 0.05) is 29.8 Å². The minimum Gasteiger partial charge on any atom is -0.489 e. The van der Waals surface area contributed by atoms with Crippen molar-refractivity contribution in [2.24, 2.45) is 5.73 Å². The first kappa shape index (κ1) is 23.7. The lowest BCUT2D eigenvalue weighted by Crippen LogP contribution is -2.11. The number of hydrogen-bond donors (Lipinski definition) is 2. The minimum absolute atomic E-state index is 0.218. The van der Waals surface area contributed by atoms with Crippen LogP contribution in [0.2, 0.25) is 0 Å². The normalized spacial score (nSPS) is 11.3. The fourth-order valence-electron chi connectivity index (χ4n) is 4.82. The Morgan fingerprint density at radius 1 is 0.868 bits per heavy atom. The molecule has 0 saturated heterocycles. The monoisotopic (exact) mass is 500 g/mol. The predicted molar refractivity (Wildman–Crippen MR) is 153 cm³/mol. The summed E-state index contributed by atoms with van der Waals surface area (Å²) in [5, 5.41) is 0.951. The van der Waals surface area contributed by atoms with Gasteiger partial charge in [0.2, 0.25) is 0 Å². The van der Waals surface area contributed by atoms with E-state index < -0.39 is 0 Å². The van der Waals surface area contributed by atoms with Gasteiger partial charge in [-0.1, -0.05) is 66.7 Å². The van der Waals surface area contributed by atoms with Crippen LogP contribution in [-0.4, -0.2) is 21.1 Å². The Morgan fingerprint density at radius 3 is 2.45 bits per heavy atom. The van der Waals surface area contributed by atoms with Crippen LogP contribution < -0.4 is 16.0 Å². The summed E-state index contributed by atoms with van der Waals surface area (Å²) in [6, 6.07) is 32.1. The number of ether oxygens (including phenoxy) is 1. The molecule has 2 heterocycles. The number of nitrogens with one attached hydrogen (secondary N) is 1. The zero-order chi connectivity index (χ0) is 25.9. The van der Waals surface area contributed by atoms with Crippen molar-refractivity contribution in [2.45, 2.75) is 19.6 Å². The van der Waals surface area contributed by atoms with Crippen molar-refractivity contribution >= 4 is 21.9 Å². The molecular weight excluding hydrogens is 472 g/mol. The van der Waals surface area contributed by atoms with Gasteiger partial charge >= 0.3 is 0 Å². The second-order valence-corrected chi connectivity index (χ2v) is 9.34. The summed E-state index contributed by atoms with van der Waals surface area (Å²) in [5.74, 6) is 0.772. The number of fused-ring (bicyclic) bond motifs is 2. The minimum atomic E-state index is -0.218. The number of hydrogen-bond acceptors (Lipinski definition) is 4. The third-order valence-electron chi connectivity index (χ3n) is 6.76. The molecule has 0 fully saturated rings. The van der Waals surface area contributed by atoms with Gasteiger partial charge in [0.25, 0.3) is 5.56 Å². The average molecular weight is 501 g/mol. The van der Waals surface area contributed by atoms with Gasteiger partial charge in [-0.15, -0.1) is 0 Å². The fraction of sp³-hybridized carbons (Fsp3) is 0.125. The van der Waals surface area contributed by atoms with Crippen LogP contribution in [0.15, 0.2) is 108 Å². The maximum Gasteiger partial charge on any atom is 0.275 e. The Hall–Kier alpha value is -4.68. The molecule has 38 heavy (non-hydrogen) atoms. The van der Waals surface area contributed by atoms with Crippen LogP contribution in [0.3, 0.4) is 0 Å². The van der Waals surface area contributed by atoms with Crippen molar-refractivity contribution in [3.8, 4) is 28.1 Å². The number of aromatic nitrogens is 3. The van der Waals surface area contributed by atoms with Crippen LogP contribution in [0, 0.1) is 0 Å². The van der Waals surface area contributed by atoms with E-state index in [4.69, 9.17) is 15.5 Å². The van der Waals surface area contributed by atoms with Gasteiger partial charge in [-0.3, -0.25) is 4.79 Å². The van der Waals surface area contributed by atoms with E-state index in [0.717, 1.165) is 57.4 Å². The molecule has 0 radical (unpaired) electrons. The third-order valence-corrected chi connectivity index (χ3v) is 6.76. The van der Waals surface area contributed by atoms with Crippen LogP contribution in [0.25, 0.3) is 44.3 Å². The molecule has 6 heteroatoms. The second-order valence-electron chi connectivity index (χ2n) is 9.34. The molecule has 0 aliphatic carbocycles. The topological polar surface area (TPSA) is 85.9 Å². The molecule has 188 valence electrons. The Morgan fingerprint density at radius 2 is 1.66 bits per heavy atom. The number of nitrogens with zero attached hydrogens (tertiary/aromatic N) is 2. The van der Waals surface area contributed by atoms with E-state index in [-0.39, 0.29) is 5.56 Å². The molecule has 6 aromatic rings. The number of nitrogens with two attached hydrogens (primary N) is 1.